The Bertz CT molecular complexity index is 3530. The van der Waals surface area contributed by atoms with Gasteiger partial charge in [0, 0.05) is 16.8 Å². The monoisotopic (exact) mass is 811 g/mol. The van der Waals surface area contributed by atoms with Crippen molar-refractivity contribution in [3.05, 3.63) is 271 Å². The van der Waals surface area contributed by atoms with Crippen LogP contribution in [0, 0.1) is 0 Å². The van der Waals surface area contributed by atoms with Crippen molar-refractivity contribution in [1.29, 1.82) is 0 Å². The fourth-order valence-electron chi connectivity index (χ4n) is 11.2. The minimum atomic E-state index is -0.425. The molecule has 13 rings (SSSR count). The maximum Gasteiger partial charge on any atom is 0.0731 e. The van der Waals surface area contributed by atoms with E-state index in [2.05, 4.69) is 254 Å². The summed E-state index contributed by atoms with van der Waals surface area (Å²) in [5.41, 5.74) is 20.9. The minimum absolute atomic E-state index is 0.425. The van der Waals surface area contributed by atoms with Crippen LogP contribution in [0.15, 0.2) is 249 Å². The maximum atomic E-state index is 2.43. The third kappa shape index (κ3) is 5.31. The zero-order valence-corrected chi connectivity index (χ0v) is 35.1. The van der Waals surface area contributed by atoms with Crippen molar-refractivity contribution in [3.8, 4) is 55.6 Å². The van der Waals surface area contributed by atoms with E-state index < -0.39 is 5.41 Å². The number of anilines is 3. The molecule has 64 heavy (non-hydrogen) atoms. The SMILES string of the molecule is c1ccc(-c2ccc(N(c3ccc(-c4cccc5c4C4(c6ccccc6-c6ccccc64)c4ccccc4-5)cc3)c3ccc(-c4cccc5ccccc45)cc3)c3ccccc23)cc1. The van der Waals surface area contributed by atoms with Crippen LogP contribution in [0.1, 0.15) is 22.3 Å². The first-order valence-electron chi connectivity index (χ1n) is 22.3. The second kappa shape index (κ2) is 14.4. The highest BCUT2D eigenvalue weighted by atomic mass is 15.1. The summed E-state index contributed by atoms with van der Waals surface area (Å²) in [7, 11) is 0. The molecule has 1 nitrogen and oxygen atoms in total. The van der Waals surface area contributed by atoms with Crippen LogP contribution in [0.25, 0.3) is 77.2 Å². The van der Waals surface area contributed by atoms with Crippen LogP contribution in [0.5, 0.6) is 0 Å². The van der Waals surface area contributed by atoms with Gasteiger partial charge in [-0.1, -0.05) is 218 Å². The third-order valence-electron chi connectivity index (χ3n) is 13.9. The molecule has 0 heterocycles. The second-order valence-electron chi connectivity index (χ2n) is 17.1. The molecule has 0 bridgehead atoms. The number of hydrogen-bond acceptors (Lipinski definition) is 1. The second-order valence-corrected chi connectivity index (χ2v) is 17.1. The lowest BCUT2D eigenvalue weighted by Crippen LogP contribution is -2.26. The number of rotatable bonds is 6. The lowest BCUT2D eigenvalue weighted by molar-refractivity contribution is 0.796. The smallest absolute Gasteiger partial charge is 0.0731 e. The average Bonchev–Trinajstić information content (AvgIpc) is 3.85. The van der Waals surface area contributed by atoms with Gasteiger partial charge in [-0.15, -0.1) is 0 Å². The van der Waals surface area contributed by atoms with Crippen molar-refractivity contribution in [2.45, 2.75) is 5.41 Å². The van der Waals surface area contributed by atoms with E-state index in [0.717, 1.165) is 17.1 Å². The van der Waals surface area contributed by atoms with Gasteiger partial charge in [0.2, 0.25) is 0 Å². The number of benzene rings is 11. The van der Waals surface area contributed by atoms with Crippen molar-refractivity contribution in [2.24, 2.45) is 0 Å². The molecule has 0 aliphatic heterocycles. The van der Waals surface area contributed by atoms with Gasteiger partial charge in [-0.05, 0) is 124 Å². The van der Waals surface area contributed by atoms with E-state index in [-0.39, 0.29) is 0 Å². The molecule has 11 aromatic carbocycles. The Labute approximate surface area is 373 Å². The van der Waals surface area contributed by atoms with Gasteiger partial charge in [-0.3, -0.25) is 0 Å². The lowest BCUT2D eigenvalue weighted by atomic mass is 9.68. The molecule has 2 aliphatic rings. The van der Waals surface area contributed by atoms with Crippen LogP contribution in [-0.2, 0) is 5.41 Å². The highest BCUT2D eigenvalue weighted by Crippen LogP contribution is 2.64. The summed E-state index contributed by atoms with van der Waals surface area (Å²) in [6.45, 7) is 0. The molecule has 298 valence electrons. The summed E-state index contributed by atoms with van der Waals surface area (Å²) >= 11 is 0. The standard InChI is InChI=1S/C63H41N/c1-2-16-42(17-3-1)50-40-41-61(56-25-7-6-21-52(50)56)64(46-36-32-44(33-37-46)49-26-14-19-43-18-4-5-20-48(43)49)47-38-34-45(35-39-47)51-27-15-28-57-55-24-10-13-31-60(55)63(62(51)57)58-29-11-8-22-53(58)54-23-9-12-30-59(54)63/h1-41H. The molecule has 1 heteroatoms. The van der Waals surface area contributed by atoms with E-state index in [1.54, 1.807) is 0 Å². The molecule has 2 aliphatic carbocycles. The topological polar surface area (TPSA) is 3.24 Å². The van der Waals surface area contributed by atoms with Crippen molar-refractivity contribution in [2.75, 3.05) is 4.90 Å². The first kappa shape index (κ1) is 36.4. The number of nitrogens with zero attached hydrogens (tertiary/aromatic N) is 1. The van der Waals surface area contributed by atoms with Crippen molar-refractivity contribution >= 4 is 38.6 Å². The van der Waals surface area contributed by atoms with Gasteiger partial charge in [0.1, 0.15) is 0 Å². The molecule has 0 saturated heterocycles. The summed E-state index contributed by atoms with van der Waals surface area (Å²) in [5, 5.41) is 4.93. The van der Waals surface area contributed by atoms with E-state index in [4.69, 9.17) is 0 Å². The summed E-state index contributed by atoms with van der Waals surface area (Å²) in [5.74, 6) is 0. The molecule has 11 aromatic rings. The fraction of sp³-hybridized carbons (Fsp3) is 0.0159. The van der Waals surface area contributed by atoms with Crippen LogP contribution in [0.2, 0.25) is 0 Å². The molecular weight excluding hydrogens is 771 g/mol. The third-order valence-corrected chi connectivity index (χ3v) is 13.9. The Morgan fingerprint density at radius 1 is 0.250 bits per heavy atom. The van der Waals surface area contributed by atoms with Gasteiger partial charge in [0.25, 0.3) is 0 Å². The Kier molecular flexibility index (Phi) is 8.20. The Morgan fingerprint density at radius 3 is 1.33 bits per heavy atom. The maximum absolute atomic E-state index is 2.43. The van der Waals surface area contributed by atoms with E-state index in [1.807, 2.05) is 0 Å². The molecule has 0 atom stereocenters. The van der Waals surface area contributed by atoms with Crippen molar-refractivity contribution in [1.82, 2.24) is 0 Å². The first-order chi connectivity index (χ1) is 31.8. The fourth-order valence-corrected chi connectivity index (χ4v) is 11.2. The van der Waals surface area contributed by atoms with Gasteiger partial charge in [-0.2, -0.15) is 0 Å². The molecule has 0 aromatic heterocycles. The highest BCUT2D eigenvalue weighted by Gasteiger charge is 2.52. The van der Waals surface area contributed by atoms with Gasteiger partial charge in [0.15, 0.2) is 0 Å². The molecular formula is C63H41N. The van der Waals surface area contributed by atoms with E-state index >= 15 is 0 Å². The average molecular weight is 812 g/mol. The molecule has 1 spiro atoms. The first-order valence-corrected chi connectivity index (χ1v) is 22.3. The predicted molar refractivity (Wildman–Crippen MR) is 269 cm³/mol. The van der Waals surface area contributed by atoms with E-state index in [0.29, 0.717) is 0 Å². The summed E-state index contributed by atoms with van der Waals surface area (Å²) in [4.78, 5) is 2.43. The zero-order chi connectivity index (χ0) is 42.2. The molecule has 0 N–H and O–H groups in total. The summed E-state index contributed by atoms with van der Waals surface area (Å²) in [6.07, 6.45) is 0. The minimum Gasteiger partial charge on any atom is -0.310 e. The zero-order valence-electron chi connectivity index (χ0n) is 35.1. The largest absolute Gasteiger partial charge is 0.310 e. The summed E-state index contributed by atoms with van der Waals surface area (Å²) < 4.78 is 0. The van der Waals surface area contributed by atoms with Crippen LogP contribution >= 0.6 is 0 Å². The van der Waals surface area contributed by atoms with Gasteiger partial charge < -0.3 is 4.90 Å². The van der Waals surface area contributed by atoms with Crippen LogP contribution in [0.3, 0.4) is 0 Å². The summed E-state index contributed by atoms with van der Waals surface area (Å²) in [6, 6.07) is 92.0. The molecule has 0 amide bonds. The van der Waals surface area contributed by atoms with Crippen molar-refractivity contribution < 1.29 is 0 Å². The number of hydrogen-bond donors (Lipinski definition) is 0. The Hall–Kier alpha value is -8.26. The predicted octanol–water partition coefficient (Wildman–Crippen LogP) is 16.8. The van der Waals surface area contributed by atoms with E-state index in [1.165, 1.54) is 99.4 Å². The normalized spacial score (nSPS) is 12.8. The Balaban J connectivity index is 0.988. The quantitative estimate of drug-likeness (QED) is 0.162. The van der Waals surface area contributed by atoms with Crippen molar-refractivity contribution in [3.63, 3.8) is 0 Å². The molecule has 0 radical (unpaired) electrons. The highest BCUT2D eigenvalue weighted by molar-refractivity contribution is 6.07. The number of fused-ring (bicyclic) bond motifs is 12. The lowest BCUT2D eigenvalue weighted by Gasteiger charge is -2.32. The van der Waals surface area contributed by atoms with Gasteiger partial charge in [0.05, 0.1) is 11.1 Å². The molecule has 0 saturated carbocycles. The molecule has 0 fully saturated rings. The molecule has 0 unspecified atom stereocenters. The van der Waals surface area contributed by atoms with Crippen LogP contribution in [-0.4, -0.2) is 0 Å². The Morgan fingerprint density at radius 2 is 0.672 bits per heavy atom. The van der Waals surface area contributed by atoms with Gasteiger partial charge >= 0.3 is 0 Å². The van der Waals surface area contributed by atoms with Crippen LogP contribution < -0.4 is 4.90 Å². The van der Waals surface area contributed by atoms with Gasteiger partial charge in [-0.25, -0.2) is 0 Å². The van der Waals surface area contributed by atoms with Crippen LogP contribution in [0.4, 0.5) is 17.1 Å². The van der Waals surface area contributed by atoms with E-state index in [9.17, 15) is 0 Å².